The van der Waals surface area contributed by atoms with Crippen LogP contribution in [0.3, 0.4) is 0 Å². The van der Waals surface area contributed by atoms with Crippen molar-refractivity contribution >= 4 is 5.91 Å². The normalized spacial score (nSPS) is 15.6. The Balaban J connectivity index is 1.67. The molecule has 104 valence electrons. The second kappa shape index (κ2) is 7.26. The monoisotopic (exact) mass is 262 g/mol. The van der Waals surface area contributed by atoms with Gasteiger partial charge in [0.2, 0.25) is 5.91 Å². The molecular formula is C15H22N2O2. The lowest BCUT2D eigenvalue weighted by atomic mass is 10.1. The number of hydrogen-bond donors (Lipinski definition) is 3. The van der Waals surface area contributed by atoms with Crippen LogP contribution in [0.1, 0.15) is 36.8 Å². The van der Waals surface area contributed by atoms with Gasteiger partial charge in [-0.15, -0.1) is 0 Å². The Bertz CT molecular complexity index is 397. The zero-order chi connectivity index (χ0) is 13.5. The van der Waals surface area contributed by atoms with E-state index in [0.717, 1.165) is 11.1 Å². The highest BCUT2D eigenvalue weighted by Crippen LogP contribution is 2.17. The van der Waals surface area contributed by atoms with Gasteiger partial charge in [0.15, 0.2) is 0 Å². The number of carbonyl (C=O) groups is 1. The maximum Gasteiger partial charge on any atom is 0.234 e. The van der Waals surface area contributed by atoms with E-state index in [-0.39, 0.29) is 12.5 Å². The highest BCUT2D eigenvalue weighted by atomic mass is 16.3. The second-order valence-electron chi connectivity index (χ2n) is 5.11. The van der Waals surface area contributed by atoms with Gasteiger partial charge in [-0.2, -0.15) is 0 Å². The van der Waals surface area contributed by atoms with Crippen molar-refractivity contribution in [1.29, 1.82) is 0 Å². The average Bonchev–Trinajstić information content (AvgIpc) is 2.96. The fourth-order valence-corrected chi connectivity index (χ4v) is 2.39. The van der Waals surface area contributed by atoms with Crippen molar-refractivity contribution in [3.63, 3.8) is 0 Å². The van der Waals surface area contributed by atoms with Gasteiger partial charge in [-0.1, -0.05) is 37.1 Å². The van der Waals surface area contributed by atoms with Gasteiger partial charge in [-0.05, 0) is 24.0 Å². The quantitative estimate of drug-likeness (QED) is 0.725. The van der Waals surface area contributed by atoms with Crippen molar-refractivity contribution in [2.45, 2.75) is 44.9 Å². The molecule has 1 aromatic carbocycles. The molecule has 1 aliphatic rings. The largest absolute Gasteiger partial charge is 0.392 e. The van der Waals surface area contributed by atoms with Crippen LogP contribution in [0.5, 0.6) is 0 Å². The summed E-state index contributed by atoms with van der Waals surface area (Å²) in [4.78, 5) is 11.7. The maximum absolute atomic E-state index is 11.7. The molecule has 19 heavy (non-hydrogen) atoms. The Kier molecular flexibility index (Phi) is 5.36. The topological polar surface area (TPSA) is 61.4 Å². The molecule has 0 bridgehead atoms. The van der Waals surface area contributed by atoms with Gasteiger partial charge < -0.3 is 15.7 Å². The Labute approximate surface area is 114 Å². The molecule has 1 amide bonds. The molecule has 0 heterocycles. The minimum absolute atomic E-state index is 0.0399. The van der Waals surface area contributed by atoms with Crippen LogP contribution in [-0.4, -0.2) is 23.6 Å². The van der Waals surface area contributed by atoms with Crippen LogP contribution >= 0.6 is 0 Å². The SMILES string of the molecule is O=C(CNC1CCCC1)NCc1ccc(CO)cc1. The van der Waals surface area contributed by atoms with Gasteiger partial charge in [0.1, 0.15) is 0 Å². The molecule has 4 heteroatoms. The van der Waals surface area contributed by atoms with E-state index < -0.39 is 0 Å². The fraction of sp³-hybridized carbons (Fsp3) is 0.533. The minimum atomic E-state index is 0.0399. The van der Waals surface area contributed by atoms with Gasteiger partial charge >= 0.3 is 0 Å². The molecular weight excluding hydrogens is 240 g/mol. The molecule has 0 aromatic heterocycles. The van der Waals surface area contributed by atoms with Crippen LogP contribution in [0.2, 0.25) is 0 Å². The summed E-state index contributed by atoms with van der Waals surface area (Å²) in [7, 11) is 0. The van der Waals surface area contributed by atoms with Gasteiger partial charge in [-0.3, -0.25) is 4.79 Å². The highest BCUT2D eigenvalue weighted by molar-refractivity contribution is 5.78. The number of nitrogens with one attached hydrogen (secondary N) is 2. The lowest BCUT2D eigenvalue weighted by Gasteiger charge is -2.11. The summed E-state index contributed by atoms with van der Waals surface area (Å²) >= 11 is 0. The van der Waals surface area contributed by atoms with E-state index in [4.69, 9.17) is 5.11 Å². The number of hydrogen-bond acceptors (Lipinski definition) is 3. The molecule has 1 aromatic rings. The van der Waals surface area contributed by atoms with E-state index in [1.54, 1.807) is 0 Å². The van der Waals surface area contributed by atoms with Crippen LogP contribution < -0.4 is 10.6 Å². The summed E-state index contributed by atoms with van der Waals surface area (Å²) in [5, 5.41) is 15.1. The molecule has 1 fully saturated rings. The molecule has 0 radical (unpaired) electrons. The number of benzene rings is 1. The zero-order valence-corrected chi connectivity index (χ0v) is 11.2. The molecule has 0 unspecified atom stereocenters. The summed E-state index contributed by atoms with van der Waals surface area (Å²) < 4.78 is 0. The maximum atomic E-state index is 11.7. The summed E-state index contributed by atoms with van der Waals surface area (Å²) in [5.41, 5.74) is 1.93. The van der Waals surface area contributed by atoms with Crippen molar-refractivity contribution in [2.75, 3.05) is 6.54 Å². The molecule has 0 spiro atoms. The van der Waals surface area contributed by atoms with Crippen LogP contribution in [-0.2, 0) is 17.9 Å². The summed E-state index contributed by atoms with van der Waals surface area (Å²) in [5.74, 6) is 0.0399. The molecule has 4 nitrogen and oxygen atoms in total. The van der Waals surface area contributed by atoms with Gasteiger partial charge in [0.25, 0.3) is 0 Å². The molecule has 1 saturated carbocycles. The number of rotatable bonds is 6. The third-order valence-corrected chi connectivity index (χ3v) is 3.60. The van der Waals surface area contributed by atoms with Crippen molar-refractivity contribution < 1.29 is 9.90 Å². The smallest absolute Gasteiger partial charge is 0.234 e. The van der Waals surface area contributed by atoms with Crippen molar-refractivity contribution in [3.05, 3.63) is 35.4 Å². The number of amides is 1. The molecule has 3 N–H and O–H groups in total. The number of aliphatic hydroxyl groups excluding tert-OH is 1. The van der Waals surface area contributed by atoms with Crippen molar-refractivity contribution in [3.8, 4) is 0 Å². The molecule has 0 atom stereocenters. The Hall–Kier alpha value is -1.39. The van der Waals surface area contributed by atoms with E-state index >= 15 is 0 Å². The van der Waals surface area contributed by atoms with E-state index in [9.17, 15) is 4.79 Å². The fourth-order valence-electron chi connectivity index (χ4n) is 2.39. The lowest BCUT2D eigenvalue weighted by molar-refractivity contribution is -0.120. The van der Waals surface area contributed by atoms with E-state index in [1.807, 2.05) is 24.3 Å². The van der Waals surface area contributed by atoms with Crippen molar-refractivity contribution in [2.24, 2.45) is 0 Å². The number of carbonyl (C=O) groups excluding carboxylic acids is 1. The molecule has 2 rings (SSSR count). The second-order valence-corrected chi connectivity index (χ2v) is 5.11. The number of aliphatic hydroxyl groups is 1. The van der Waals surface area contributed by atoms with Gasteiger partial charge in [-0.25, -0.2) is 0 Å². The van der Waals surface area contributed by atoms with E-state index in [2.05, 4.69) is 10.6 Å². The van der Waals surface area contributed by atoms with Gasteiger partial charge in [0, 0.05) is 12.6 Å². The average molecular weight is 262 g/mol. The third-order valence-electron chi connectivity index (χ3n) is 3.60. The van der Waals surface area contributed by atoms with Crippen LogP contribution in [0.15, 0.2) is 24.3 Å². The lowest BCUT2D eigenvalue weighted by Crippen LogP contribution is -2.37. The Morgan fingerprint density at radius 3 is 2.42 bits per heavy atom. The minimum Gasteiger partial charge on any atom is -0.392 e. The molecule has 1 aliphatic carbocycles. The van der Waals surface area contributed by atoms with E-state index in [0.29, 0.717) is 19.1 Å². The molecule has 0 aliphatic heterocycles. The van der Waals surface area contributed by atoms with Crippen LogP contribution in [0, 0.1) is 0 Å². The van der Waals surface area contributed by atoms with Crippen molar-refractivity contribution in [1.82, 2.24) is 10.6 Å². The summed E-state index contributed by atoms with van der Waals surface area (Å²) in [6.07, 6.45) is 4.93. The Morgan fingerprint density at radius 2 is 1.79 bits per heavy atom. The Morgan fingerprint density at radius 1 is 1.16 bits per heavy atom. The predicted molar refractivity (Wildman–Crippen MR) is 74.5 cm³/mol. The summed E-state index contributed by atoms with van der Waals surface area (Å²) in [6.45, 7) is 0.994. The van der Waals surface area contributed by atoms with Crippen LogP contribution in [0.4, 0.5) is 0 Å². The zero-order valence-electron chi connectivity index (χ0n) is 11.2. The molecule has 0 saturated heterocycles. The van der Waals surface area contributed by atoms with E-state index in [1.165, 1.54) is 25.7 Å². The van der Waals surface area contributed by atoms with Crippen LogP contribution in [0.25, 0.3) is 0 Å². The standard InChI is InChI=1S/C15H22N2O2/c18-11-13-7-5-12(6-8-13)9-17-15(19)10-16-14-3-1-2-4-14/h5-8,14,16,18H,1-4,9-11H2,(H,17,19). The first-order valence-electron chi connectivity index (χ1n) is 6.96. The first-order chi connectivity index (χ1) is 9.28. The first kappa shape index (κ1) is 14.0. The predicted octanol–water partition coefficient (Wildman–Crippen LogP) is 1.33. The summed E-state index contributed by atoms with van der Waals surface area (Å²) in [6, 6.07) is 8.12. The first-order valence-corrected chi connectivity index (χ1v) is 6.96. The van der Waals surface area contributed by atoms with Gasteiger partial charge in [0.05, 0.1) is 13.2 Å². The highest BCUT2D eigenvalue weighted by Gasteiger charge is 2.14. The third kappa shape index (κ3) is 4.65.